The highest BCUT2D eigenvalue weighted by molar-refractivity contribution is 7.91. The first kappa shape index (κ1) is 46.9. The van der Waals surface area contributed by atoms with E-state index >= 15 is 0 Å². The third-order valence-corrected chi connectivity index (χ3v) is 15.4. The summed E-state index contributed by atoms with van der Waals surface area (Å²) in [5.74, 6) is 2.60. The zero-order chi connectivity index (χ0) is 46.5. The normalized spacial score (nSPS) is 22.4. The molecule has 3 aromatic heterocycles. The van der Waals surface area contributed by atoms with Crippen molar-refractivity contribution in [2.24, 2.45) is 0 Å². The van der Waals surface area contributed by atoms with Crippen LogP contribution in [-0.4, -0.2) is 119 Å². The molecule has 0 unspecified atom stereocenters. The monoisotopic (exact) mass is 956 g/mol. The summed E-state index contributed by atoms with van der Waals surface area (Å²) in [6.07, 6.45) is 8.23. The maximum atomic E-state index is 14.3. The maximum Gasteiger partial charge on any atom is 0.345 e. The molecule has 6 heterocycles. The molecule has 14 nitrogen and oxygen atoms in total. The smallest absolute Gasteiger partial charge is 0.345 e. The Bertz CT molecular complexity index is 2810. The standard InChI is InChI=1S/C48H50ClFN6O8S2/c1-5-37-29(3)43(49)38(6-2)63-36(25-56-19-17-55(4)18-20-56)27-61-35-11-12-39(62-26-34-13-16-51-45(54-34)31-14-21-66(59,60)22-15-31)32(23-35)24-40(48(57)58)64-46-42-41(37)44(65-47(42)53-28-52-46)30-7-9-33(50)10-8-30/h2,7-13,16,23,28,31,36,40H,5,14-15,17-22,24-27H2,1,3-4H3,(H,57,58)/b37-29+,43-38-/t36-,40-/m1/s1. The van der Waals surface area contributed by atoms with Gasteiger partial charge in [-0.3, -0.25) is 4.90 Å². The number of hydrogen-bond acceptors (Lipinski definition) is 14. The van der Waals surface area contributed by atoms with Gasteiger partial charge in [0.05, 0.1) is 27.6 Å². The lowest BCUT2D eigenvalue weighted by Gasteiger charge is -2.34. The molecule has 1 N–H and O–H groups in total. The summed E-state index contributed by atoms with van der Waals surface area (Å²) in [4.78, 5) is 37.4. The zero-order valence-corrected chi connectivity index (χ0v) is 39.2. The number of hydrogen-bond donors (Lipinski definition) is 1. The molecule has 2 bridgehead atoms. The Labute approximate surface area is 392 Å². The molecule has 0 radical (unpaired) electrons. The third-order valence-electron chi connectivity index (χ3n) is 12.1. The molecule has 0 amide bonds. The summed E-state index contributed by atoms with van der Waals surface area (Å²) in [5.41, 5.74) is 3.72. The molecule has 2 saturated heterocycles. The van der Waals surface area contributed by atoms with Gasteiger partial charge in [-0.2, -0.15) is 0 Å². The van der Waals surface area contributed by atoms with Crippen LogP contribution in [0.25, 0.3) is 26.2 Å². The van der Waals surface area contributed by atoms with Crippen molar-refractivity contribution in [3.8, 4) is 40.2 Å². The van der Waals surface area contributed by atoms with Crippen LogP contribution in [0.5, 0.6) is 17.4 Å². The molecule has 0 spiro atoms. The van der Waals surface area contributed by atoms with Crippen LogP contribution in [0.2, 0.25) is 0 Å². The molecule has 0 aliphatic carbocycles. The van der Waals surface area contributed by atoms with Crippen molar-refractivity contribution in [3.63, 3.8) is 0 Å². The number of aliphatic carboxylic acids is 1. The van der Waals surface area contributed by atoms with Gasteiger partial charge in [-0.1, -0.05) is 30.7 Å². The van der Waals surface area contributed by atoms with Gasteiger partial charge in [0, 0.05) is 67.3 Å². The maximum absolute atomic E-state index is 14.3. The predicted octanol–water partition coefficient (Wildman–Crippen LogP) is 7.53. The number of likely N-dealkylation sites (N-methyl/N-ethyl adjacent to an activating group) is 1. The number of piperazine rings is 1. The number of aromatic nitrogens is 4. The van der Waals surface area contributed by atoms with E-state index in [0.29, 0.717) is 81.3 Å². The fraction of sp³-hybridized carbons (Fsp3) is 0.396. The fourth-order valence-electron chi connectivity index (χ4n) is 8.42. The number of thiophene rings is 1. The molecule has 2 atom stereocenters. The van der Waals surface area contributed by atoms with Crippen molar-refractivity contribution in [2.45, 2.75) is 64.3 Å². The first-order chi connectivity index (χ1) is 31.8. The first-order valence-corrected chi connectivity index (χ1v) is 24.8. The summed E-state index contributed by atoms with van der Waals surface area (Å²) < 4.78 is 64.4. The second kappa shape index (κ2) is 20.5. The van der Waals surface area contributed by atoms with E-state index in [-0.39, 0.29) is 53.7 Å². The van der Waals surface area contributed by atoms with Gasteiger partial charge >= 0.3 is 5.97 Å². The van der Waals surface area contributed by atoms with E-state index < -0.39 is 33.8 Å². The van der Waals surface area contributed by atoms with Crippen molar-refractivity contribution in [1.29, 1.82) is 0 Å². The number of ether oxygens (including phenoxy) is 4. The molecule has 5 aromatic rings. The molecule has 3 aliphatic heterocycles. The average molecular weight is 958 g/mol. The highest BCUT2D eigenvalue weighted by Crippen LogP contribution is 2.47. The topological polar surface area (TPSA) is 166 Å². The Balaban J connectivity index is 1.23. The van der Waals surface area contributed by atoms with Crippen LogP contribution in [0.15, 0.2) is 77.4 Å². The van der Waals surface area contributed by atoms with Crippen molar-refractivity contribution in [2.75, 3.05) is 57.9 Å². The molecule has 3 aliphatic rings. The van der Waals surface area contributed by atoms with Crippen LogP contribution in [0.1, 0.15) is 61.7 Å². The van der Waals surface area contributed by atoms with Gasteiger partial charge in [-0.25, -0.2) is 37.5 Å². The minimum atomic E-state index is -3.07. The lowest BCUT2D eigenvalue weighted by atomic mass is 9.93. The number of fused-ring (bicyclic) bond motifs is 2. The van der Waals surface area contributed by atoms with Gasteiger partial charge in [0.15, 0.2) is 5.76 Å². The van der Waals surface area contributed by atoms with Gasteiger partial charge in [0.25, 0.3) is 0 Å². The number of terminal acetylenes is 1. The summed E-state index contributed by atoms with van der Waals surface area (Å²) in [6.45, 7) is 7.75. The lowest BCUT2D eigenvalue weighted by Crippen LogP contribution is -2.48. The number of carboxylic acids is 1. The van der Waals surface area contributed by atoms with Crippen molar-refractivity contribution in [1.82, 2.24) is 29.7 Å². The Morgan fingerprint density at radius 1 is 1.06 bits per heavy atom. The highest BCUT2D eigenvalue weighted by Gasteiger charge is 2.31. The predicted molar refractivity (Wildman–Crippen MR) is 251 cm³/mol. The van der Waals surface area contributed by atoms with Gasteiger partial charge in [-0.15, -0.1) is 17.8 Å². The van der Waals surface area contributed by atoms with Crippen LogP contribution < -0.4 is 14.2 Å². The number of carboxylic acid groups (broad SMARTS) is 1. The number of halogens is 2. The number of carbonyl (C=O) groups is 1. The molecule has 8 rings (SSSR count). The number of rotatable bonds is 9. The zero-order valence-electron chi connectivity index (χ0n) is 36.8. The first-order valence-electron chi connectivity index (χ1n) is 21.8. The Hall–Kier alpha value is -5.64. The van der Waals surface area contributed by atoms with E-state index in [0.717, 1.165) is 36.6 Å². The van der Waals surface area contributed by atoms with Crippen molar-refractivity contribution in [3.05, 3.63) is 106 Å². The summed E-state index contributed by atoms with van der Waals surface area (Å²) >= 11 is 8.60. The molecule has 2 aromatic carbocycles. The molecular weight excluding hydrogens is 907 g/mol. The second-order valence-corrected chi connectivity index (χ2v) is 20.3. The molecule has 18 heteroatoms. The van der Waals surface area contributed by atoms with Crippen LogP contribution in [-0.2, 0) is 32.4 Å². The average Bonchev–Trinajstić information content (AvgIpc) is 3.70. The summed E-state index contributed by atoms with van der Waals surface area (Å²) in [6, 6.07) is 13.0. The van der Waals surface area contributed by atoms with Crippen LogP contribution in [0.4, 0.5) is 4.39 Å². The van der Waals surface area contributed by atoms with Crippen LogP contribution in [0.3, 0.4) is 0 Å². The quantitative estimate of drug-likeness (QED) is 0.144. The highest BCUT2D eigenvalue weighted by atomic mass is 35.5. The lowest BCUT2D eigenvalue weighted by molar-refractivity contribution is -0.145. The van der Waals surface area contributed by atoms with E-state index in [9.17, 15) is 22.7 Å². The van der Waals surface area contributed by atoms with E-state index in [1.807, 2.05) is 13.8 Å². The minimum absolute atomic E-state index is 0.0116. The van der Waals surface area contributed by atoms with Gasteiger partial charge < -0.3 is 29.0 Å². The number of allylic oxidation sites excluding steroid dienone is 4. The summed E-state index contributed by atoms with van der Waals surface area (Å²) in [7, 11) is -0.985. The van der Waals surface area contributed by atoms with Crippen molar-refractivity contribution < 1.29 is 41.7 Å². The number of benzene rings is 2. The molecule has 66 heavy (non-hydrogen) atoms. The Morgan fingerprint density at radius 2 is 1.82 bits per heavy atom. The van der Waals surface area contributed by atoms with E-state index in [1.54, 1.807) is 42.6 Å². The Morgan fingerprint density at radius 3 is 2.53 bits per heavy atom. The number of nitrogens with zero attached hydrogens (tertiary/aromatic N) is 6. The molecule has 0 saturated carbocycles. The fourth-order valence-corrected chi connectivity index (χ4v) is 11.3. The van der Waals surface area contributed by atoms with E-state index in [4.69, 9.17) is 42.0 Å². The van der Waals surface area contributed by atoms with Crippen LogP contribution in [0, 0.1) is 18.2 Å². The third kappa shape index (κ3) is 10.8. The van der Waals surface area contributed by atoms with E-state index in [1.165, 1.54) is 29.8 Å². The largest absolute Gasteiger partial charge is 0.490 e. The van der Waals surface area contributed by atoms with E-state index in [2.05, 4.69) is 37.7 Å². The van der Waals surface area contributed by atoms with Crippen molar-refractivity contribution >= 4 is 54.5 Å². The van der Waals surface area contributed by atoms with Crippen LogP contribution >= 0.6 is 22.9 Å². The van der Waals surface area contributed by atoms with Gasteiger partial charge in [0.2, 0.25) is 12.0 Å². The minimum Gasteiger partial charge on any atom is -0.490 e. The Kier molecular flexibility index (Phi) is 14.5. The number of sulfone groups is 1. The van der Waals surface area contributed by atoms with Gasteiger partial charge in [0.1, 0.15) is 63.5 Å². The summed E-state index contributed by atoms with van der Waals surface area (Å²) in [5, 5.41) is 11.5. The SMILES string of the molecule is C#C/C1=C(Cl)\C(C)=C(/CC)c2c(-c3ccc(F)cc3)sc3ncnc(c23)O[C@@H](C(=O)O)Cc2cc(ccc2OCc2ccnc(C3CCS(=O)(=O)CC3)n2)OC[C@@H](CN2CCN(C)CC2)O1. The van der Waals surface area contributed by atoms with Gasteiger partial charge in [-0.05, 0) is 92.3 Å². The molecule has 2 fully saturated rings. The molecule has 346 valence electrons. The molecular formula is C48H50ClFN6O8S2. The second-order valence-electron chi connectivity index (χ2n) is 16.6.